The Kier molecular flexibility index (Phi) is 5.62. The summed E-state index contributed by atoms with van der Waals surface area (Å²) in [7, 11) is 0. The third-order valence-corrected chi connectivity index (χ3v) is 10.8. The van der Waals surface area contributed by atoms with Crippen molar-refractivity contribution < 1.29 is 0 Å². The molecule has 0 amide bonds. The fourth-order valence-electron chi connectivity index (χ4n) is 6.49. The van der Waals surface area contributed by atoms with Crippen molar-refractivity contribution in [2.75, 3.05) is 4.90 Å². The maximum atomic E-state index is 2.52. The molecule has 1 nitrogen and oxygen atoms in total. The average molecular weight is 584 g/mol. The molecular weight excluding hydrogens is 559 g/mol. The molecule has 0 aliphatic heterocycles. The van der Waals surface area contributed by atoms with E-state index in [1.807, 2.05) is 22.7 Å². The van der Waals surface area contributed by atoms with E-state index in [9.17, 15) is 0 Å². The molecule has 0 atom stereocenters. The summed E-state index contributed by atoms with van der Waals surface area (Å²) in [5.41, 5.74) is 6.01. The number of nitrogens with zero attached hydrogens (tertiary/aromatic N) is 1. The highest BCUT2D eigenvalue weighted by Gasteiger charge is 2.24. The minimum atomic E-state index is 1.16. The van der Waals surface area contributed by atoms with Crippen molar-refractivity contribution in [1.82, 2.24) is 0 Å². The van der Waals surface area contributed by atoms with Gasteiger partial charge in [-0.2, -0.15) is 0 Å². The van der Waals surface area contributed by atoms with Gasteiger partial charge in [-0.15, -0.1) is 22.7 Å². The molecule has 0 fully saturated rings. The first kappa shape index (κ1) is 24.6. The van der Waals surface area contributed by atoms with Crippen molar-refractivity contribution in [2.24, 2.45) is 0 Å². The summed E-state index contributed by atoms with van der Waals surface area (Å²) in [4.78, 5) is 2.52. The van der Waals surface area contributed by atoms with Crippen LogP contribution in [-0.2, 0) is 0 Å². The standard InChI is InChI=1S/C40H25NS2/c1-2-11-27(12-3-1)30-23-24-34-32-17-7-9-20-37(32)43-40(34)39(30)41(35-18-10-14-26-13-4-5-15-29(26)35)28-21-22-33-31-16-6-8-19-36(31)42-38(33)25-28/h1-25H. The lowest BCUT2D eigenvalue weighted by molar-refractivity contribution is 1.32. The van der Waals surface area contributed by atoms with Gasteiger partial charge in [0.25, 0.3) is 0 Å². The molecule has 2 aromatic heterocycles. The summed E-state index contributed by atoms with van der Waals surface area (Å²) in [6, 6.07) is 55.4. The highest BCUT2D eigenvalue weighted by atomic mass is 32.1. The number of fused-ring (bicyclic) bond motifs is 7. The smallest absolute Gasteiger partial charge is 0.0718 e. The zero-order valence-corrected chi connectivity index (χ0v) is 24.8. The van der Waals surface area contributed by atoms with E-state index in [1.54, 1.807) is 0 Å². The van der Waals surface area contributed by atoms with Crippen LogP contribution in [-0.4, -0.2) is 0 Å². The number of thiophene rings is 2. The second-order valence-electron chi connectivity index (χ2n) is 10.9. The summed E-state index contributed by atoms with van der Waals surface area (Å²) < 4.78 is 5.23. The van der Waals surface area contributed by atoms with E-state index in [1.165, 1.54) is 73.6 Å². The molecule has 9 aromatic rings. The van der Waals surface area contributed by atoms with Crippen LogP contribution in [0, 0.1) is 0 Å². The normalized spacial score (nSPS) is 11.7. The van der Waals surface area contributed by atoms with Crippen molar-refractivity contribution in [3.05, 3.63) is 152 Å². The molecule has 0 unspecified atom stereocenters. The van der Waals surface area contributed by atoms with Crippen LogP contribution < -0.4 is 4.90 Å². The number of hydrogen-bond donors (Lipinski definition) is 0. The van der Waals surface area contributed by atoms with Gasteiger partial charge in [-0.1, -0.05) is 121 Å². The Balaban J connectivity index is 1.43. The van der Waals surface area contributed by atoms with Crippen LogP contribution in [0.2, 0.25) is 0 Å². The van der Waals surface area contributed by atoms with Gasteiger partial charge in [0.1, 0.15) is 0 Å². The zero-order chi connectivity index (χ0) is 28.3. The summed E-state index contributed by atoms with van der Waals surface area (Å²) in [5, 5.41) is 7.70. The van der Waals surface area contributed by atoms with Crippen molar-refractivity contribution >= 4 is 90.9 Å². The van der Waals surface area contributed by atoms with Gasteiger partial charge in [0.2, 0.25) is 0 Å². The van der Waals surface area contributed by atoms with Crippen LogP contribution in [0.1, 0.15) is 0 Å². The molecule has 202 valence electrons. The molecule has 0 aliphatic rings. The van der Waals surface area contributed by atoms with Gasteiger partial charge < -0.3 is 4.90 Å². The van der Waals surface area contributed by atoms with Crippen molar-refractivity contribution in [1.29, 1.82) is 0 Å². The lowest BCUT2D eigenvalue weighted by Gasteiger charge is -2.29. The van der Waals surface area contributed by atoms with Crippen LogP contribution in [0.5, 0.6) is 0 Å². The van der Waals surface area contributed by atoms with Crippen LogP contribution in [0.3, 0.4) is 0 Å². The van der Waals surface area contributed by atoms with Gasteiger partial charge in [-0.05, 0) is 41.3 Å². The van der Waals surface area contributed by atoms with Gasteiger partial charge in [0.15, 0.2) is 0 Å². The molecule has 2 heterocycles. The van der Waals surface area contributed by atoms with Crippen molar-refractivity contribution in [3.63, 3.8) is 0 Å². The predicted octanol–water partition coefficient (Wildman–Crippen LogP) is 12.7. The number of hydrogen-bond acceptors (Lipinski definition) is 3. The van der Waals surface area contributed by atoms with Gasteiger partial charge in [0, 0.05) is 52.3 Å². The molecule has 43 heavy (non-hydrogen) atoms. The summed E-state index contributed by atoms with van der Waals surface area (Å²) in [6.45, 7) is 0. The van der Waals surface area contributed by atoms with E-state index in [0.717, 1.165) is 5.69 Å². The Bertz CT molecular complexity index is 2460. The molecule has 9 rings (SSSR count). The van der Waals surface area contributed by atoms with Crippen molar-refractivity contribution in [3.8, 4) is 11.1 Å². The third kappa shape index (κ3) is 3.90. The van der Waals surface area contributed by atoms with E-state index in [4.69, 9.17) is 0 Å². The van der Waals surface area contributed by atoms with Crippen LogP contribution in [0.4, 0.5) is 17.1 Å². The molecule has 0 bridgehead atoms. The zero-order valence-electron chi connectivity index (χ0n) is 23.2. The molecule has 0 radical (unpaired) electrons. The largest absolute Gasteiger partial charge is 0.308 e. The summed E-state index contributed by atoms with van der Waals surface area (Å²) >= 11 is 3.76. The minimum absolute atomic E-state index is 1.16. The van der Waals surface area contributed by atoms with Gasteiger partial charge in [-0.3, -0.25) is 0 Å². The molecular formula is C40H25NS2. The first-order chi connectivity index (χ1) is 21.3. The Morgan fingerprint density at radius 2 is 1.05 bits per heavy atom. The monoisotopic (exact) mass is 583 g/mol. The second kappa shape index (κ2) is 9.81. The number of rotatable bonds is 4. The Labute approximate surface area is 257 Å². The van der Waals surface area contributed by atoms with E-state index >= 15 is 0 Å². The minimum Gasteiger partial charge on any atom is -0.308 e. The lowest BCUT2D eigenvalue weighted by atomic mass is 9.98. The summed E-state index contributed by atoms with van der Waals surface area (Å²) in [5.74, 6) is 0. The predicted molar refractivity (Wildman–Crippen MR) is 190 cm³/mol. The average Bonchev–Trinajstić information content (AvgIpc) is 3.64. The lowest BCUT2D eigenvalue weighted by Crippen LogP contribution is -2.12. The maximum Gasteiger partial charge on any atom is 0.0718 e. The maximum absolute atomic E-state index is 2.52. The quantitative estimate of drug-likeness (QED) is 0.199. The fraction of sp³-hybridized carbons (Fsp3) is 0. The molecule has 0 spiro atoms. The Hall–Kier alpha value is -4.96. The van der Waals surface area contributed by atoms with Crippen LogP contribution in [0.25, 0.3) is 62.2 Å². The first-order valence-electron chi connectivity index (χ1n) is 14.5. The molecule has 7 aromatic carbocycles. The van der Waals surface area contributed by atoms with E-state index in [2.05, 4.69) is 157 Å². The van der Waals surface area contributed by atoms with E-state index in [0.29, 0.717) is 0 Å². The van der Waals surface area contributed by atoms with Gasteiger partial charge >= 0.3 is 0 Å². The molecule has 0 saturated carbocycles. The Morgan fingerprint density at radius 3 is 1.88 bits per heavy atom. The summed E-state index contributed by atoms with van der Waals surface area (Å²) in [6.07, 6.45) is 0. The van der Waals surface area contributed by atoms with E-state index < -0.39 is 0 Å². The van der Waals surface area contributed by atoms with Crippen LogP contribution in [0.15, 0.2) is 152 Å². The fourth-order valence-corrected chi connectivity index (χ4v) is 8.87. The Morgan fingerprint density at radius 1 is 0.419 bits per heavy atom. The molecule has 0 saturated heterocycles. The van der Waals surface area contributed by atoms with Crippen LogP contribution >= 0.6 is 22.7 Å². The van der Waals surface area contributed by atoms with Gasteiger partial charge in [0.05, 0.1) is 16.1 Å². The number of anilines is 3. The van der Waals surface area contributed by atoms with Gasteiger partial charge in [-0.25, -0.2) is 0 Å². The highest BCUT2D eigenvalue weighted by molar-refractivity contribution is 7.26. The molecule has 0 aliphatic carbocycles. The molecule has 0 N–H and O–H groups in total. The third-order valence-electron chi connectivity index (χ3n) is 8.46. The van der Waals surface area contributed by atoms with E-state index in [-0.39, 0.29) is 0 Å². The second-order valence-corrected chi connectivity index (χ2v) is 13.1. The molecule has 3 heteroatoms. The number of benzene rings is 7. The first-order valence-corrected chi connectivity index (χ1v) is 16.2. The van der Waals surface area contributed by atoms with Crippen molar-refractivity contribution in [2.45, 2.75) is 0 Å². The SMILES string of the molecule is c1ccc(-c2ccc3c(sc4ccccc43)c2N(c2ccc3c(c2)sc2ccccc23)c2cccc3ccccc23)cc1. The topological polar surface area (TPSA) is 3.24 Å². The highest BCUT2D eigenvalue weighted by Crippen LogP contribution is 2.51.